The lowest BCUT2D eigenvalue weighted by Gasteiger charge is -2.10. The number of pyridine rings is 1. The van der Waals surface area contributed by atoms with E-state index in [1.165, 1.54) is 5.56 Å². The Balaban J connectivity index is 2.08. The molecule has 104 valence electrons. The fourth-order valence-corrected chi connectivity index (χ4v) is 1.84. The van der Waals surface area contributed by atoms with Crippen LogP contribution in [0.2, 0.25) is 0 Å². The molecule has 1 aromatic heterocycles. The number of hydrogen-bond donors (Lipinski definition) is 2. The highest BCUT2D eigenvalue weighted by molar-refractivity contribution is 5.92. The summed E-state index contributed by atoms with van der Waals surface area (Å²) in [5.74, 6) is 1.91. The molecule has 2 rings (SSSR count). The number of aromatic nitrogens is 1. The van der Waals surface area contributed by atoms with Crippen molar-refractivity contribution in [2.24, 2.45) is 5.73 Å². The fourth-order valence-electron chi connectivity index (χ4n) is 1.84. The van der Waals surface area contributed by atoms with Crippen LogP contribution < -0.4 is 10.5 Å². The van der Waals surface area contributed by atoms with Gasteiger partial charge in [-0.05, 0) is 42.2 Å². The summed E-state index contributed by atoms with van der Waals surface area (Å²) in [5.41, 5.74) is 7.11. The van der Waals surface area contributed by atoms with Crippen molar-refractivity contribution in [3.05, 3.63) is 53.9 Å². The van der Waals surface area contributed by atoms with Crippen LogP contribution in [0.5, 0.6) is 11.5 Å². The van der Waals surface area contributed by atoms with Crippen molar-refractivity contribution in [3.63, 3.8) is 0 Å². The quantitative estimate of drug-likeness (QED) is 0.642. The number of ether oxygens (including phenoxy) is 1. The Morgan fingerprint density at radius 1 is 1.20 bits per heavy atom. The standard InChI is InChI=1S/C16H19N3O/c1-3-11(2)12-4-6-13(7-5-12)20-14-8-9-15(16(17)18)19-10-14/h4-11H,3H2,1-2H3,(H3,17,18). The van der Waals surface area contributed by atoms with Crippen LogP contribution in [0.1, 0.15) is 37.4 Å². The first kappa shape index (κ1) is 14.1. The molecule has 0 spiro atoms. The van der Waals surface area contributed by atoms with E-state index < -0.39 is 0 Å². The lowest BCUT2D eigenvalue weighted by atomic mass is 9.99. The minimum atomic E-state index is -0.0468. The van der Waals surface area contributed by atoms with Gasteiger partial charge in [0.05, 0.1) is 6.20 Å². The molecule has 1 heterocycles. The number of benzene rings is 1. The average Bonchev–Trinajstić information content (AvgIpc) is 2.48. The van der Waals surface area contributed by atoms with E-state index in [0.717, 1.165) is 12.2 Å². The average molecular weight is 269 g/mol. The summed E-state index contributed by atoms with van der Waals surface area (Å²) in [4.78, 5) is 4.06. The van der Waals surface area contributed by atoms with E-state index in [0.29, 0.717) is 17.4 Å². The second-order valence-corrected chi connectivity index (χ2v) is 4.77. The molecule has 1 unspecified atom stereocenters. The van der Waals surface area contributed by atoms with Crippen LogP contribution in [-0.2, 0) is 0 Å². The Labute approximate surface area is 119 Å². The number of nitrogens with one attached hydrogen (secondary N) is 1. The van der Waals surface area contributed by atoms with E-state index in [-0.39, 0.29) is 5.84 Å². The van der Waals surface area contributed by atoms with Crippen molar-refractivity contribution in [2.45, 2.75) is 26.2 Å². The molecule has 4 heteroatoms. The largest absolute Gasteiger partial charge is 0.456 e. The molecular weight excluding hydrogens is 250 g/mol. The fraction of sp³-hybridized carbons (Fsp3) is 0.250. The van der Waals surface area contributed by atoms with Gasteiger partial charge in [0.15, 0.2) is 0 Å². The molecule has 4 nitrogen and oxygen atoms in total. The maximum atomic E-state index is 7.28. The summed E-state index contributed by atoms with van der Waals surface area (Å²) < 4.78 is 5.71. The maximum Gasteiger partial charge on any atom is 0.145 e. The van der Waals surface area contributed by atoms with E-state index in [4.69, 9.17) is 15.9 Å². The number of hydrogen-bond acceptors (Lipinski definition) is 3. The Morgan fingerprint density at radius 2 is 1.85 bits per heavy atom. The highest BCUT2D eigenvalue weighted by atomic mass is 16.5. The number of nitrogen functional groups attached to an aromatic ring is 1. The molecule has 0 aliphatic carbocycles. The molecule has 0 amide bonds. The third-order valence-electron chi connectivity index (χ3n) is 3.31. The van der Waals surface area contributed by atoms with Gasteiger partial charge in [0.2, 0.25) is 0 Å². The molecule has 0 saturated carbocycles. The van der Waals surface area contributed by atoms with Gasteiger partial charge in [-0.3, -0.25) is 5.41 Å². The van der Waals surface area contributed by atoms with Crippen molar-refractivity contribution in [2.75, 3.05) is 0 Å². The van der Waals surface area contributed by atoms with Gasteiger partial charge in [-0.15, -0.1) is 0 Å². The SMILES string of the molecule is CCC(C)c1ccc(Oc2ccc(C(=N)N)nc2)cc1. The molecule has 1 aromatic carbocycles. The topological polar surface area (TPSA) is 72.0 Å². The van der Waals surface area contributed by atoms with Crippen molar-refractivity contribution in [1.82, 2.24) is 4.98 Å². The summed E-state index contributed by atoms with van der Waals surface area (Å²) in [6.07, 6.45) is 2.69. The highest BCUT2D eigenvalue weighted by Gasteiger charge is 2.04. The highest BCUT2D eigenvalue weighted by Crippen LogP contribution is 2.24. The predicted molar refractivity (Wildman–Crippen MR) is 80.5 cm³/mol. The van der Waals surface area contributed by atoms with Crippen molar-refractivity contribution >= 4 is 5.84 Å². The van der Waals surface area contributed by atoms with Gasteiger partial charge < -0.3 is 10.5 Å². The Hall–Kier alpha value is -2.36. The zero-order chi connectivity index (χ0) is 14.5. The third kappa shape index (κ3) is 3.35. The van der Waals surface area contributed by atoms with Gasteiger partial charge in [0.1, 0.15) is 23.0 Å². The van der Waals surface area contributed by atoms with Crippen molar-refractivity contribution in [3.8, 4) is 11.5 Å². The molecule has 20 heavy (non-hydrogen) atoms. The van der Waals surface area contributed by atoms with E-state index in [9.17, 15) is 0 Å². The van der Waals surface area contributed by atoms with Gasteiger partial charge in [-0.2, -0.15) is 0 Å². The van der Waals surface area contributed by atoms with Crippen LogP contribution in [0.15, 0.2) is 42.6 Å². The second-order valence-electron chi connectivity index (χ2n) is 4.77. The van der Waals surface area contributed by atoms with E-state index >= 15 is 0 Å². The molecule has 0 saturated heterocycles. The number of nitrogens with zero attached hydrogens (tertiary/aromatic N) is 1. The molecule has 3 N–H and O–H groups in total. The third-order valence-corrected chi connectivity index (χ3v) is 3.31. The molecule has 0 fully saturated rings. The Bertz CT molecular complexity index is 576. The van der Waals surface area contributed by atoms with E-state index in [1.54, 1.807) is 18.3 Å². The van der Waals surface area contributed by atoms with Crippen LogP contribution in [-0.4, -0.2) is 10.8 Å². The molecule has 0 radical (unpaired) electrons. The summed E-state index contributed by atoms with van der Waals surface area (Å²) in [7, 11) is 0. The summed E-state index contributed by atoms with van der Waals surface area (Å²) >= 11 is 0. The molecule has 2 aromatic rings. The summed E-state index contributed by atoms with van der Waals surface area (Å²) in [5, 5.41) is 7.28. The van der Waals surface area contributed by atoms with Crippen LogP contribution in [0.4, 0.5) is 0 Å². The lowest BCUT2D eigenvalue weighted by Crippen LogP contribution is -2.12. The van der Waals surface area contributed by atoms with Crippen molar-refractivity contribution in [1.29, 1.82) is 5.41 Å². The Morgan fingerprint density at radius 3 is 2.35 bits per heavy atom. The second kappa shape index (κ2) is 6.19. The van der Waals surface area contributed by atoms with E-state index in [2.05, 4.69) is 31.0 Å². The minimum absolute atomic E-state index is 0.0468. The monoisotopic (exact) mass is 269 g/mol. The van der Waals surface area contributed by atoms with Crippen LogP contribution in [0, 0.1) is 5.41 Å². The van der Waals surface area contributed by atoms with Crippen LogP contribution in [0.25, 0.3) is 0 Å². The lowest BCUT2D eigenvalue weighted by molar-refractivity contribution is 0.480. The molecular formula is C16H19N3O. The van der Waals surface area contributed by atoms with Gasteiger partial charge in [0.25, 0.3) is 0 Å². The molecule has 1 atom stereocenters. The zero-order valence-electron chi connectivity index (χ0n) is 11.8. The van der Waals surface area contributed by atoms with Gasteiger partial charge in [-0.25, -0.2) is 4.98 Å². The number of amidine groups is 1. The smallest absolute Gasteiger partial charge is 0.145 e. The zero-order valence-corrected chi connectivity index (χ0v) is 11.8. The summed E-state index contributed by atoms with van der Waals surface area (Å²) in [6.45, 7) is 4.39. The minimum Gasteiger partial charge on any atom is -0.456 e. The predicted octanol–water partition coefficient (Wildman–Crippen LogP) is 3.67. The maximum absolute atomic E-state index is 7.28. The normalized spacial score (nSPS) is 11.9. The number of nitrogens with two attached hydrogens (primary N) is 1. The summed E-state index contributed by atoms with van der Waals surface area (Å²) in [6, 6.07) is 11.5. The molecule has 0 bridgehead atoms. The first-order chi connectivity index (χ1) is 9.60. The molecule has 0 aliphatic rings. The van der Waals surface area contributed by atoms with Crippen LogP contribution >= 0.6 is 0 Å². The van der Waals surface area contributed by atoms with E-state index in [1.807, 2.05) is 12.1 Å². The van der Waals surface area contributed by atoms with Gasteiger partial charge in [-0.1, -0.05) is 26.0 Å². The van der Waals surface area contributed by atoms with Gasteiger partial charge in [0, 0.05) is 0 Å². The van der Waals surface area contributed by atoms with Crippen LogP contribution in [0.3, 0.4) is 0 Å². The first-order valence-electron chi connectivity index (χ1n) is 6.68. The van der Waals surface area contributed by atoms with Gasteiger partial charge >= 0.3 is 0 Å². The molecule has 0 aliphatic heterocycles. The Kier molecular flexibility index (Phi) is 4.35. The van der Waals surface area contributed by atoms with Crippen molar-refractivity contribution < 1.29 is 4.74 Å². The number of rotatable bonds is 5. The first-order valence-corrected chi connectivity index (χ1v) is 6.68.